The van der Waals surface area contributed by atoms with E-state index in [9.17, 15) is 9.18 Å². The number of carboxylic acid groups (broad SMARTS) is 1. The summed E-state index contributed by atoms with van der Waals surface area (Å²) in [7, 11) is 0. The van der Waals surface area contributed by atoms with Crippen LogP contribution < -0.4 is 4.74 Å². The average molecular weight is 360 g/mol. The molecule has 104 valence electrons. The van der Waals surface area contributed by atoms with Gasteiger partial charge in [-0.15, -0.1) is 0 Å². The lowest BCUT2D eigenvalue weighted by Crippen LogP contribution is -2.01. The minimum atomic E-state index is -1.13. The summed E-state index contributed by atoms with van der Waals surface area (Å²) in [4.78, 5) is 10.9. The number of hydrogen-bond acceptors (Lipinski definition) is 2. The van der Waals surface area contributed by atoms with Gasteiger partial charge in [-0.2, -0.15) is 0 Å². The molecule has 0 aliphatic rings. The number of ether oxygens (including phenoxy) is 1. The van der Waals surface area contributed by atoms with Crippen molar-refractivity contribution in [1.29, 1.82) is 0 Å². The van der Waals surface area contributed by atoms with Crippen LogP contribution in [0.3, 0.4) is 0 Å². The van der Waals surface area contributed by atoms with Crippen molar-refractivity contribution in [1.82, 2.24) is 0 Å². The van der Waals surface area contributed by atoms with Gasteiger partial charge in [0.05, 0.1) is 15.1 Å². The Hall–Kier alpha value is -1.59. The molecule has 0 bridgehead atoms. The quantitative estimate of drug-likeness (QED) is 0.873. The summed E-state index contributed by atoms with van der Waals surface area (Å²) in [6.45, 7) is 0.110. The van der Waals surface area contributed by atoms with Gasteiger partial charge in [-0.1, -0.05) is 23.7 Å². The zero-order valence-corrected chi connectivity index (χ0v) is 12.4. The van der Waals surface area contributed by atoms with Gasteiger partial charge in [0.15, 0.2) is 0 Å². The molecule has 0 fully saturated rings. The molecule has 2 aromatic rings. The molecule has 20 heavy (non-hydrogen) atoms. The molecule has 0 atom stereocenters. The van der Waals surface area contributed by atoms with E-state index in [0.717, 1.165) is 0 Å². The van der Waals surface area contributed by atoms with Crippen LogP contribution in [0.1, 0.15) is 15.9 Å². The minimum Gasteiger partial charge on any atom is -0.489 e. The third-order valence-electron chi connectivity index (χ3n) is 2.59. The average Bonchev–Trinajstić information content (AvgIpc) is 2.41. The zero-order valence-electron chi connectivity index (χ0n) is 10.1. The second-order valence-electron chi connectivity index (χ2n) is 3.95. The number of benzene rings is 2. The number of rotatable bonds is 4. The van der Waals surface area contributed by atoms with Gasteiger partial charge in [0.25, 0.3) is 0 Å². The first kappa shape index (κ1) is 14.8. The van der Waals surface area contributed by atoms with E-state index in [1.54, 1.807) is 18.2 Å². The maximum absolute atomic E-state index is 13.3. The van der Waals surface area contributed by atoms with Crippen LogP contribution in [-0.2, 0) is 6.61 Å². The van der Waals surface area contributed by atoms with Gasteiger partial charge in [0.1, 0.15) is 18.2 Å². The Bertz CT molecular complexity index is 661. The Morgan fingerprint density at radius 3 is 2.80 bits per heavy atom. The summed E-state index contributed by atoms with van der Waals surface area (Å²) in [6, 6.07) is 8.95. The van der Waals surface area contributed by atoms with Crippen molar-refractivity contribution in [3.8, 4) is 5.75 Å². The molecule has 0 aromatic heterocycles. The predicted octanol–water partition coefficient (Wildman–Crippen LogP) is 4.52. The van der Waals surface area contributed by atoms with E-state index in [1.807, 2.05) is 0 Å². The highest BCUT2D eigenvalue weighted by Crippen LogP contribution is 2.25. The molecule has 0 radical (unpaired) electrons. The minimum absolute atomic E-state index is 0.0394. The SMILES string of the molecule is O=C(O)c1cc(OCc2cccc(F)c2Br)ccc1Cl. The van der Waals surface area contributed by atoms with Gasteiger partial charge in [-0.05, 0) is 40.2 Å². The second kappa shape index (κ2) is 6.24. The Labute approximate surface area is 128 Å². The standard InChI is InChI=1S/C14H9BrClFO3/c15-13-8(2-1-3-12(13)17)7-20-9-4-5-11(16)10(6-9)14(18)19/h1-6H,7H2,(H,18,19). The normalized spacial score (nSPS) is 10.3. The van der Waals surface area contributed by atoms with Crippen LogP contribution in [0.2, 0.25) is 5.02 Å². The van der Waals surface area contributed by atoms with E-state index >= 15 is 0 Å². The van der Waals surface area contributed by atoms with E-state index in [4.69, 9.17) is 21.4 Å². The molecule has 0 aliphatic heterocycles. The summed E-state index contributed by atoms with van der Waals surface area (Å²) >= 11 is 8.89. The predicted molar refractivity (Wildman–Crippen MR) is 76.8 cm³/mol. The maximum atomic E-state index is 13.3. The number of halogens is 3. The number of hydrogen-bond donors (Lipinski definition) is 1. The summed E-state index contributed by atoms with van der Waals surface area (Å²) in [5, 5.41) is 9.09. The van der Waals surface area contributed by atoms with Crippen molar-refractivity contribution < 1.29 is 19.0 Å². The van der Waals surface area contributed by atoms with E-state index in [-0.39, 0.29) is 23.0 Å². The highest BCUT2D eigenvalue weighted by Gasteiger charge is 2.11. The van der Waals surface area contributed by atoms with Crippen LogP contribution >= 0.6 is 27.5 Å². The highest BCUT2D eigenvalue weighted by molar-refractivity contribution is 9.10. The van der Waals surface area contributed by atoms with Gasteiger partial charge in [-0.25, -0.2) is 9.18 Å². The molecule has 0 saturated heterocycles. The fraction of sp³-hybridized carbons (Fsp3) is 0.0714. The number of carbonyl (C=O) groups is 1. The summed E-state index contributed by atoms with van der Waals surface area (Å²) < 4.78 is 19.1. The van der Waals surface area contributed by atoms with Crippen molar-refractivity contribution >= 4 is 33.5 Å². The third kappa shape index (κ3) is 3.29. The van der Waals surface area contributed by atoms with Crippen LogP contribution in [0.15, 0.2) is 40.9 Å². The topological polar surface area (TPSA) is 46.5 Å². The van der Waals surface area contributed by atoms with E-state index in [1.165, 1.54) is 18.2 Å². The van der Waals surface area contributed by atoms with Crippen LogP contribution in [-0.4, -0.2) is 11.1 Å². The molecule has 0 heterocycles. The van der Waals surface area contributed by atoms with Gasteiger partial charge >= 0.3 is 5.97 Å². The Morgan fingerprint density at radius 2 is 2.10 bits per heavy atom. The lowest BCUT2D eigenvalue weighted by atomic mass is 10.2. The Kier molecular flexibility index (Phi) is 4.62. The van der Waals surface area contributed by atoms with E-state index < -0.39 is 5.97 Å². The molecule has 6 heteroatoms. The van der Waals surface area contributed by atoms with Crippen molar-refractivity contribution in [2.24, 2.45) is 0 Å². The largest absolute Gasteiger partial charge is 0.489 e. The van der Waals surface area contributed by atoms with Crippen molar-refractivity contribution in [2.75, 3.05) is 0 Å². The first-order valence-electron chi connectivity index (χ1n) is 5.57. The third-order valence-corrected chi connectivity index (χ3v) is 3.81. The van der Waals surface area contributed by atoms with Gasteiger partial charge in [-0.3, -0.25) is 0 Å². The summed E-state index contributed by atoms with van der Waals surface area (Å²) in [5.41, 5.74) is 0.583. The Morgan fingerprint density at radius 1 is 1.35 bits per heavy atom. The molecule has 0 amide bonds. The van der Waals surface area contributed by atoms with Gasteiger partial charge in [0.2, 0.25) is 0 Å². The number of carboxylic acids is 1. The summed E-state index contributed by atoms with van der Waals surface area (Å²) in [5.74, 6) is -1.16. The molecule has 3 nitrogen and oxygen atoms in total. The van der Waals surface area contributed by atoms with Crippen molar-refractivity contribution in [2.45, 2.75) is 6.61 Å². The molecule has 0 unspecified atom stereocenters. The molecular formula is C14H9BrClFO3. The van der Waals surface area contributed by atoms with Gasteiger partial charge in [0, 0.05) is 5.56 Å². The molecule has 2 rings (SSSR count). The smallest absolute Gasteiger partial charge is 0.337 e. The van der Waals surface area contributed by atoms with Crippen LogP contribution in [0.5, 0.6) is 5.75 Å². The highest BCUT2D eigenvalue weighted by atomic mass is 79.9. The first-order valence-corrected chi connectivity index (χ1v) is 6.74. The fourth-order valence-electron chi connectivity index (χ4n) is 1.58. The maximum Gasteiger partial charge on any atom is 0.337 e. The molecule has 2 aromatic carbocycles. The van der Waals surface area contributed by atoms with Crippen LogP contribution in [0, 0.1) is 5.82 Å². The lowest BCUT2D eigenvalue weighted by molar-refractivity contribution is 0.0696. The van der Waals surface area contributed by atoms with Crippen LogP contribution in [0.25, 0.3) is 0 Å². The van der Waals surface area contributed by atoms with E-state index in [2.05, 4.69) is 15.9 Å². The molecule has 0 spiro atoms. The lowest BCUT2D eigenvalue weighted by Gasteiger charge is -2.09. The summed E-state index contributed by atoms with van der Waals surface area (Å²) in [6.07, 6.45) is 0. The second-order valence-corrected chi connectivity index (χ2v) is 5.15. The molecule has 0 aliphatic carbocycles. The zero-order chi connectivity index (χ0) is 14.7. The monoisotopic (exact) mass is 358 g/mol. The van der Waals surface area contributed by atoms with Crippen molar-refractivity contribution in [3.05, 3.63) is 62.8 Å². The number of aromatic carboxylic acids is 1. The first-order chi connectivity index (χ1) is 9.49. The Balaban J connectivity index is 2.17. The molecule has 0 saturated carbocycles. The molecular weight excluding hydrogens is 351 g/mol. The van der Waals surface area contributed by atoms with Crippen molar-refractivity contribution in [3.63, 3.8) is 0 Å². The van der Waals surface area contributed by atoms with E-state index in [0.29, 0.717) is 15.8 Å². The van der Waals surface area contributed by atoms with Gasteiger partial charge < -0.3 is 9.84 Å². The molecule has 1 N–H and O–H groups in total. The van der Waals surface area contributed by atoms with Crippen LogP contribution in [0.4, 0.5) is 4.39 Å². The fourth-order valence-corrected chi connectivity index (χ4v) is 2.16.